The van der Waals surface area contributed by atoms with Crippen molar-refractivity contribution in [3.05, 3.63) is 28.2 Å². The first-order valence-corrected chi connectivity index (χ1v) is 7.28. The molecule has 2 N–H and O–H groups in total. The topological polar surface area (TPSA) is 46.3 Å². The monoisotopic (exact) mass is 310 g/mol. The lowest BCUT2D eigenvalue weighted by Crippen LogP contribution is -2.32. The molecule has 1 aromatic rings. The number of nitrogens with zero attached hydrogens (tertiary/aromatic N) is 1. The molecule has 0 atom stereocenters. The number of rotatable bonds is 2. The molecule has 18 heavy (non-hydrogen) atoms. The zero-order valence-electron chi connectivity index (χ0n) is 10.5. The van der Waals surface area contributed by atoms with E-state index in [0.717, 1.165) is 35.1 Å². The maximum atomic E-state index is 12.0. The highest BCUT2D eigenvalue weighted by Crippen LogP contribution is 2.22. The van der Waals surface area contributed by atoms with Crippen molar-refractivity contribution < 1.29 is 4.79 Å². The van der Waals surface area contributed by atoms with Gasteiger partial charge in [0.15, 0.2) is 0 Å². The number of carbonyl (C=O) groups is 1. The first-order valence-electron chi connectivity index (χ1n) is 6.48. The minimum atomic E-state index is 0.276. The lowest BCUT2D eigenvalue weighted by Gasteiger charge is -2.25. The van der Waals surface area contributed by atoms with Gasteiger partial charge in [0.25, 0.3) is 0 Å². The van der Waals surface area contributed by atoms with Gasteiger partial charge in [-0.3, -0.25) is 4.79 Å². The van der Waals surface area contributed by atoms with Crippen molar-refractivity contribution >= 4 is 27.5 Å². The molecule has 2 rings (SSSR count). The van der Waals surface area contributed by atoms with Crippen LogP contribution >= 0.6 is 15.9 Å². The summed E-state index contributed by atoms with van der Waals surface area (Å²) in [6.45, 7) is 1.55. The van der Waals surface area contributed by atoms with Gasteiger partial charge in [-0.05, 0) is 30.5 Å². The normalized spacial score (nSPS) is 17.4. The number of carbonyl (C=O) groups excluding carboxylic acids is 1. The second-order valence-electron chi connectivity index (χ2n) is 4.83. The van der Waals surface area contributed by atoms with Crippen molar-refractivity contribution in [3.8, 4) is 0 Å². The molecule has 1 heterocycles. The number of hydrogen-bond donors (Lipinski definition) is 1. The Balaban J connectivity index is 2.08. The number of benzene rings is 1. The van der Waals surface area contributed by atoms with Crippen LogP contribution in [-0.4, -0.2) is 17.4 Å². The fourth-order valence-corrected chi connectivity index (χ4v) is 2.80. The largest absolute Gasteiger partial charge is 0.399 e. The van der Waals surface area contributed by atoms with Gasteiger partial charge in [-0.1, -0.05) is 34.8 Å². The van der Waals surface area contributed by atoms with Crippen molar-refractivity contribution in [2.75, 3.05) is 12.3 Å². The molecule has 3 nitrogen and oxygen atoms in total. The summed E-state index contributed by atoms with van der Waals surface area (Å²) in [5, 5.41) is 0. The third kappa shape index (κ3) is 3.48. The predicted octanol–water partition coefficient (Wildman–Crippen LogP) is 3.32. The molecule has 0 radical (unpaired) electrons. The van der Waals surface area contributed by atoms with Crippen LogP contribution in [0.5, 0.6) is 0 Å². The van der Waals surface area contributed by atoms with E-state index in [1.807, 2.05) is 23.1 Å². The summed E-state index contributed by atoms with van der Waals surface area (Å²) in [5.41, 5.74) is 7.59. The molecular weight excluding hydrogens is 292 g/mol. The van der Waals surface area contributed by atoms with E-state index in [-0.39, 0.29) is 5.91 Å². The van der Waals surface area contributed by atoms with Gasteiger partial charge in [0.2, 0.25) is 5.91 Å². The van der Waals surface area contributed by atoms with Gasteiger partial charge in [0, 0.05) is 29.7 Å². The number of anilines is 1. The molecule has 1 saturated heterocycles. The van der Waals surface area contributed by atoms with Crippen molar-refractivity contribution in [3.63, 3.8) is 0 Å². The molecule has 1 amide bonds. The fourth-order valence-electron chi connectivity index (χ4n) is 2.28. The fraction of sp³-hybridized carbons (Fsp3) is 0.500. The third-order valence-corrected chi connectivity index (χ3v) is 4.10. The van der Waals surface area contributed by atoms with E-state index in [4.69, 9.17) is 5.73 Å². The molecule has 0 aromatic heterocycles. The molecule has 98 valence electrons. The number of hydrogen-bond acceptors (Lipinski definition) is 2. The average molecular weight is 311 g/mol. The van der Waals surface area contributed by atoms with Gasteiger partial charge in [0.1, 0.15) is 0 Å². The molecule has 0 spiro atoms. The van der Waals surface area contributed by atoms with E-state index in [1.165, 1.54) is 12.8 Å². The van der Waals surface area contributed by atoms with Crippen LogP contribution in [0.25, 0.3) is 0 Å². The van der Waals surface area contributed by atoms with E-state index in [0.29, 0.717) is 13.0 Å². The summed E-state index contributed by atoms with van der Waals surface area (Å²) >= 11 is 3.51. The van der Waals surface area contributed by atoms with E-state index < -0.39 is 0 Å². The highest BCUT2D eigenvalue weighted by molar-refractivity contribution is 9.10. The molecule has 0 bridgehead atoms. The standard InChI is InChI=1S/C14H19BrN2O/c15-13-9-12(16)7-6-11(13)10-17-8-4-2-1-3-5-14(17)18/h6-7,9H,1-5,8,10,16H2. The van der Waals surface area contributed by atoms with Gasteiger partial charge in [0.05, 0.1) is 0 Å². The van der Waals surface area contributed by atoms with Crippen molar-refractivity contribution in [2.24, 2.45) is 0 Å². The van der Waals surface area contributed by atoms with Gasteiger partial charge in [-0.25, -0.2) is 0 Å². The highest BCUT2D eigenvalue weighted by Gasteiger charge is 2.16. The molecule has 4 heteroatoms. The lowest BCUT2D eigenvalue weighted by atomic mass is 10.1. The summed E-state index contributed by atoms with van der Waals surface area (Å²) in [7, 11) is 0. The highest BCUT2D eigenvalue weighted by atomic mass is 79.9. The number of nitrogens with two attached hydrogens (primary N) is 1. The van der Waals surface area contributed by atoms with Crippen LogP contribution < -0.4 is 5.73 Å². The minimum absolute atomic E-state index is 0.276. The van der Waals surface area contributed by atoms with Gasteiger partial charge in [-0.2, -0.15) is 0 Å². The second-order valence-corrected chi connectivity index (χ2v) is 5.68. The summed E-state index contributed by atoms with van der Waals surface area (Å²) in [4.78, 5) is 14.0. The number of halogens is 1. The van der Waals surface area contributed by atoms with Crippen molar-refractivity contribution in [1.29, 1.82) is 0 Å². The molecule has 1 aliphatic heterocycles. The number of amides is 1. The van der Waals surface area contributed by atoms with Crippen LogP contribution in [0.1, 0.15) is 37.7 Å². The first kappa shape index (κ1) is 13.4. The van der Waals surface area contributed by atoms with Gasteiger partial charge in [-0.15, -0.1) is 0 Å². The smallest absolute Gasteiger partial charge is 0.222 e. The summed E-state index contributed by atoms with van der Waals surface area (Å²) in [5.74, 6) is 0.276. The molecule has 0 unspecified atom stereocenters. The molecular formula is C14H19BrN2O. The van der Waals surface area contributed by atoms with Crippen molar-refractivity contribution in [2.45, 2.75) is 38.6 Å². The molecule has 1 aliphatic rings. The van der Waals surface area contributed by atoms with Crippen LogP contribution in [0.15, 0.2) is 22.7 Å². The molecule has 1 aromatic carbocycles. The van der Waals surface area contributed by atoms with Crippen LogP contribution in [0.3, 0.4) is 0 Å². The van der Waals surface area contributed by atoms with E-state index >= 15 is 0 Å². The van der Waals surface area contributed by atoms with Crippen molar-refractivity contribution in [1.82, 2.24) is 4.90 Å². The summed E-state index contributed by atoms with van der Waals surface area (Å²) in [6.07, 6.45) is 5.24. The Labute approximate surface area is 116 Å². The number of likely N-dealkylation sites (tertiary alicyclic amines) is 1. The van der Waals surface area contributed by atoms with E-state index in [2.05, 4.69) is 15.9 Å². The van der Waals surface area contributed by atoms with Crippen LogP contribution in [0.4, 0.5) is 5.69 Å². The Morgan fingerprint density at radius 2 is 2.00 bits per heavy atom. The Bertz CT molecular complexity index is 434. The molecule has 1 fully saturated rings. The Kier molecular flexibility index (Phi) is 4.64. The molecule has 0 aliphatic carbocycles. The lowest BCUT2D eigenvalue weighted by molar-refractivity contribution is -0.132. The Hall–Kier alpha value is -1.03. The minimum Gasteiger partial charge on any atom is -0.399 e. The maximum Gasteiger partial charge on any atom is 0.222 e. The molecule has 0 saturated carbocycles. The number of nitrogen functional groups attached to an aromatic ring is 1. The van der Waals surface area contributed by atoms with Gasteiger partial charge >= 0.3 is 0 Å². The van der Waals surface area contributed by atoms with Crippen LogP contribution in [0, 0.1) is 0 Å². The Morgan fingerprint density at radius 1 is 1.22 bits per heavy atom. The van der Waals surface area contributed by atoms with Crippen LogP contribution in [0.2, 0.25) is 0 Å². The zero-order chi connectivity index (χ0) is 13.0. The average Bonchev–Trinajstić information content (AvgIpc) is 2.31. The SMILES string of the molecule is Nc1ccc(CN2CCCCCCC2=O)c(Br)c1. The van der Waals surface area contributed by atoms with E-state index in [1.54, 1.807) is 0 Å². The predicted molar refractivity (Wildman–Crippen MR) is 77.1 cm³/mol. The van der Waals surface area contributed by atoms with Gasteiger partial charge < -0.3 is 10.6 Å². The second kappa shape index (κ2) is 6.23. The zero-order valence-corrected chi connectivity index (χ0v) is 12.1. The maximum absolute atomic E-state index is 12.0. The summed E-state index contributed by atoms with van der Waals surface area (Å²) < 4.78 is 0.984. The quantitative estimate of drug-likeness (QED) is 0.852. The third-order valence-electron chi connectivity index (χ3n) is 3.36. The van der Waals surface area contributed by atoms with E-state index in [9.17, 15) is 4.79 Å². The summed E-state index contributed by atoms with van der Waals surface area (Å²) in [6, 6.07) is 5.77. The Morgan fingerprint density at radius 3 is 2.78 bits per heavy atom. The van der Waals surface area contributed by atoms with Crippen LogP contribution in [-0.2, 0) is 11.3 Å². The first-order chi connectivity index (χ1) is 8.66.